The number of thiazole rings is 2. The van der Waals surface area contributed by atoms with Crippen molar-refractivity contribution >= 4 is 27.8 Å². The highest BCUT2D eigenvalue weighted by atomic mass is 32.1. The molecular formula is C14H15N3OS2. The number of hydrogen-bond donors (Lipinski definition) is 1. The molecule has 6 heteroatoms. The molecule has 20 heavy (non-hydrogen) atoms. The maximum absolute atomic E-state index is 5.36. The van der Waals surface area contributed by atoms with Gasteiger partial charge in [-0.15, -0.1) is 22.7 Å². The topological polar surface area (TPSA) is 51.0 Å². The summed E-state index contributed by atoms with van der Waals surface area (Å²) in [6.45, 7) is 5.30. The van der Waals surface area contributed by atoms with Gasteiger partial charge in [-0.2, -0.15) is 0 Å². The van der Waals surface area contributed by atoms with Crippen molar-refractivity contribution in [1.29, 1.82) is 0 Å². The van der Waals surface area contributed by atoms with Crippen LogP contribution in [0.3, 0.4) is 0 Å². The molecule has 104 valence electrons. The van der Waals surface area contributed by atoms with Crippen LogP contribution in [0.15, 0.2) is 34.4 Å². The molecule has 0 atom stereocenters. The van der Waals surface area contributed by atoms with Crippen molar-refractivity contribution in [3.8, 4) is 21.3 Å². The minimum Gasteiger partial charge on any atom is -0.462 e. The van der Waals surface area contributed by atoms with Crippen LogP contribution < -0.4 is 5.32 Å². The molecule has 0 bridgehead atoms. The minimum atomic E-state index is 0.608. The van der Waals surface area contributed by atoms with Gasteiger partial charge in [0.05, 0.1) is 16.8 Å². The number of anilines is 1. The number of rotatable bonds is 5. The third-order valence-corrected chi connectivity index (χ3v) is 4.49. The smallest absolute Gasteiger partial charge is 0.183 e. The van der Waals surface area contributed by atoms with E-state index in [1.165, 1.54) is 0 Å². The van der Waals surface area contributed by atoms with Gasteiger partial charge in [-0.25, -0.2) is 9.97 Å². The minimum absolute atomic E-state index is 0.608. The van der Waals surface area contributed by atoms with E-state index >= 15 is 0 Å². The van der Waals surface area contributed by atoms with Crippen LogP contribution in [0.5, 0.6) is 0 Å². The first-order valence-corrected chi connectivity index (χ1v) is 8.11. The van der Waals surface area contributed by atoms with E-state index in [0.717, 1.165) is 33.0 Å². The lowest BCUT2D eigenvalue weighted by atomic mass is 10.2. The molecule has 0 aliphatic heterocycles. The molecule has 0 aromatic carbocycles. The Morgan fingerprint density at radius 1 is 1.40 bits per heavy atom. The van der Waals surface area contributed by atoms with Gasteiger partial charge in [-0.05, 0) is 18.1 Å². The number of hydrogen-bond acceptors (Lipinski definition) is 6. The molecule has 0 amide bonds. The maximum atomic E-state index is 5.36. The van der Waals surface area contributed by atoms with Gasteiger partial charge >= 0.3 is 0 Å². The molecule has 1 N–H and O–H groups in total. The van der Waals surface area contributed by atoms with Crippen LogP contribution in [0.25, 0.3) is 21.3 Å². The molecule has 0 saturated carbocycles. The third-order valence-electron chi connectivity index (χ3n) is 2.66. The first kappa shape index (κ1) is 13.3. The van der Waals surface area contributed by atoms with E-state index in [2.05, 4.69) is 34.5 Å². The van der Waals surface area contributed by atoms with Gasteiger partial charge in [0.1, 0.15) is 0 Å². The SMILES string of the molecule is CC(C)CNc1nc(-c2cnc(-c3ccco3)s2)cs1. The highest BCUT2D eigenvalue weighted by molar-refractivity contribution is 7.19. The average molecular weight is 305 g/mol. The lowest BCUT2D eigenvalue weighted by molar-refractivity contribution is 0.582. The molecule has 3 heterocycles. The number of furan rings is 1. The highest BCUT2D eigenvalue weighted by Gasteiger charge is 2.11. The zero-order chi connectivity index (χ0) is 13.9. The Morgan fingerprint density at radius 2 is 2.30 bits per heavy atom. The van der Waals surface area contributed by atoms with Gasteiger partial charge in [0, 0.05) is 18.1 Å². The summed E-state index contributed by atoms with van der Waals surface area (Å²) in [5.41, 5.74) is 0.969. The Balaban J connectivity index is 1.76. The first-order chi connectivity index (χ1) is 9.72. The molecule has 0 aliphatic rings. The molecule has 0 spiro atoms. The summed E-state index contributed by atoms with van der Waals surface area (Å²) in [4.78, 5) is 10.0. The second-order valence-corrected chi connectivity index (χ2v) is 6.71. The molecule has 0 aliphatic carbocycles. The first-order valence-electron chi connectivity index (χ1n) is 6.42. The Hall–Kier alpha value is -1.66. The van der Waals surface area contributed by atoms with Gasteiger partial charge in [-0.3, -0.25) is 0 Å². The van der Waals surface area contributed by atoms with E-state index in [1.807, 2.05) is 18.3 Å². The predicted octanol–water partition coefficient (Wildman–Crippen LogP) is 4.59. The van der Waals surface area contributed by atoms with Crippen molar-refractivity contribution in [3.63, 3.8) is 0 Å². The van der Waals surface area contributed by atoms with Gasteiger partial charge in [0.15, 0.2) is 15.9 Å². The maximum Gasteiger partial charge on any atom is 0.183 e. The van der Waals surface area contributed by atoms with Gasteiger partial charge < -0.3 is 9.73 Å². The second-order valence-electron chi connectivity index (χ2n) is 4.82. The quantitative estimate of drug-likeness (QED) is 0.748. The zero-order valence-corrected chi connectivity index (χ0v) is 12.9. The van der Waals surface area contributed by atoms with Crippen LogP contribution in [0.1, 0.15) is 13.8 Å². The fourth-order valence-electron chi connectivity index (χ4n) is 1.67. The van der Waals surface area contributed by atoms with E-state index in [-0.39, 0.29) is 0 Å². The lowest BCUT2D eigenvalue weighted by Crippen LogP contribution is -2.07. The van der Waals surface area contributed by atoms with Crippen molar-refractivity contribution in [3.05, 3.63) is 30.0 Å². The largest absolute Gasteiger partial charge is 0.462 e. The van der Waals surface area contributed by atoms with Crippen LogP contribution in [0, 0.1) is 5.92 Å². The number of nitrogens with one attached hydrogen (secondary N) is 1. The molecule has 4 nitrogen and oxygen atoms in total. The molecular weight excluding hydrogens is 290 g/mol. The lowest BCUT2D eigenvalue weighted by Gasteiger charge is -2.04. The Labute approximate surface area is 125 Å². The summed E-state index contributed by atoms with van der Waals surface area (Å²) >= 11 is 3.22. The predicted molar refractivity (Wildman–Crippen MR) is 84.3 cm³/mol. The number of nitrogens with zero attached hydrogens (tertiary/aromatic N) is 2. The summed E-state index contributed by atoms with van der Waals surface area (Å²) in [5, 5.41) is 7.24. The van der Waals surface area contributed by atoms with E-state index in [1.54, 1.807) is 28.9 Å². The molecule has 3 aromatic heterocycles. The highest BCUT2D eigenvalue weighted by Crippen LogP contribution is 2.33. The van der Waals surface area contributed by atoms with Gasteiger partial charge in [0.25, 0.3) is 0 Å². The van der Waals surface area contributed by atoms with Crippen molar-refractivity contribution in [2.75, 3.05) is 11.9 Å². The molecule has 0 radical (unpaired) electrons. The Kier molecular flexibility index (Phi) is 3.84. The van der Waals surface area contributed by atoms with Crippen molar-refractivity contribution < 1.29 is 4.42 Å². The summed E-state index contributed by atoms with van der Waals surface area (Å²) < 4.78 is 5.36. The average Bonchev–Trinajstić information content (AvgIpc) is 3.15. The Morgan fingerprint density at radius 3 is 3.05 bits per heavy atom. The van der Waals surface area contributed by atoms with Gasteiger partial charge in [0.2, 0.25) is 0 Å². The van der Waals surface area contributed by atoms with Crippen LogP contribution >= 0.6 is 22.7 Å². The van der Waals surface area contributed by atoms with E-state index < -0.39 is 0 Å². The second kappa shape index (κ2) is 5.76. The fraction of sp³-hybridized carbons (Fsp3) is 0.286. The van der Waals surface area contributed by atoms with E-state index in [4.69, 9.17) is 4.42 Å². The van der Waals surface area contributed by atoms with Gasteiger partial charge in [-0.1, -0.05) is 13.8 Å². The molecule has 0 saturated heterocycles. The van der Waals surface area contributed by atoms with Crippen LogP contribution in [-0.4, -0.2) is 16.5 Å². The summed E-state index contributed by atoms with van der Waals surface area (Å²) in [6, 6.07) is 3.78. The van der Waals surface area contributed by atoms with Crippen molar-refractivity contribution in [2.45, 2.75) is 13.8 Å². The summed E-state index contributed by atoms with van der Waals surface area (Å²) in [5.74, 6) is 1.41. The number of aromatic nitrogens is 2. The Bertz CT molecular complexity index is 670. The summed E-state index contributed by atoms with van der Waals surface area (Å²) in [7, 11) is 0. The van der Waals surface area contributed by atoms with Crippen LogP contribution in [-0.2, 0) is 0 Å². The fourth-order valence-corrected chi connectivity index (χ4v) is 3.31. The standard InChI is InChI=1S/C14H15N3OS2/c1-9(2)6-16-14-17-10(8-19-14)12-7-15-13(20-12)11-4-3-5-18-11/h3-5,7-9H,6H2,1-2H3,(H,16,17). The van der Waals surface area contributed by atoms with Crippen molar-refractivity contribution in [1.82, 2.24) is 9.97 Å². The molecule has 3 aromatic rings. The zero-order valence-electron chi connectivity index (χ0n) is 11.3. The van der Waals surface area contributed by atoms with E-state index in [9.17, 15) is 0 Å². The normalized spacial score (nSPS) is 11.2. The monoisotopic (exact) mass is 305 g/mol. The third kappa shape index (κ3) is 2.91. The van der Waals surface area contributed by atoms with Crippen LogP contribution in [0.4, 0.5) is 5.13 Å². The van der Waals surface area contributed by atoms with Crippen molar-refractivity contribution in [2.24, 2.45) is 5.92 Å². The summed E-state index contributed by atoms with van der Waals surface area (Å²) in [6.07, 6.45) is 3.51. The molecule has 0 unspecified atom stereocenters. The van der Waals surface area contributed by atoms with Crippen LogP contribution in [0.2, 0.25) is 0 Å². The molecule has 3 rings (SSSR count). The molecule has 0 fully saturated rings. The van der Waals surface area contributed by atoms with E-state index in [0.29, 0.717) is 5.92 Å².